The lowest BCUT2D eigenvalue weighted by Crippen LogP contribution is -2.52. The second kappa shape index (κ2) is 7.57. The third-order valence-corrected chi connectivity index (χ3v) is 5.03. The third kappa shape index (κ3) is 3.51. The molecule has 1 aliphatic heterocycles. The van der Waals surface area contributed by atoms with Crippen LogP contribution in [0.2, 0.25) is 0 Å². The Morgan fingerprint density at radius 2 is 1.96 bits per heavy atom. The Bertz CT molecular complexity index is 819. The van der Waals surface area contributed by atoms with Crippen LogP contribution in [0.1, 0.15) is 31.3 Å². The van der Waals surface area contributed by atoms with Crippen molar-refractivity contribution in [3.8, 4) is 0 Å². The van der Waals surface area contributed by atoms with Gasteiger partial charge >= 0.3 is 0 Å². The van der Waals surface area contributed by atoms with Crippen LogP contribution >= 0.6 is 12.2 Å². The van der Waals surface area contributed by atoms with Gasteiger partial charge in [-0.1, -0.05) is 19.9 Å². The number of nitrogens with zero attached hydrogens (tertiary/aromatic N) is 6. The van der Waals surface area contributed by atoms with E-state index in [-0.39, 0.29) is 5.92 Å². The molecular formula is C18H27N7S. The molecule has 0 radical (unpaired) electrons. The van der Waals surface area contributed by atoms with E-state index in [9.17, 15) is 0 Å². The lowest BCUT2D eigenvalue weighted by Gasteiger charge is -2.37. The first-order valence-electron chi connectivity index (χ1n) is 9.02. The molecule has 0 aromatic carbocycles. The predicted octanol–water partition coefficient (Wildman–Crippen LogP) is 1.98. The van der Waals surface area contributed by atoms with Crippen molar-refractivity contribution >= 4 is 34.2 Å². The van der Waals surface area contributed by atoms with E-state index >= 15 is 0 Å². The Hall–Kier alpha value is -2.22. The number of fused-ring (bicyclic) bond motifs is 1. The molecule has 7 nitrogen and oxygen atoms in total. The molecule has 0 spiro atoms. The molecule has 0 aliphatic carbocycles. The van der Waals surface area contributed by atoms with E-state index in [1.54, 1.807) is 0 Å². The summed E-state index contributed by atoms with van der Waals surface area (Å²) in [6, 6.07) is 0. The normalized spacial score (nSPS) is 15.0. The van der Waals surface area contributed by atoms with Crippen LogP contribution in [0, 0.1) is 6.92 Å². The summed E-state index contributed by atoms with van der Waals surface area (Å²) in [5, 5.41) is 8.55. The molecular weight excluding hydrogens is 346 g/mol. The van der Waals surface area contributed by atoms with Crippen molar-refractivity contribution in [2.24, 2.45) is 7.05 Å². The Balaban J connectivity index is 1.87. The van der Waals surface area contributed by atoms with Crippen LogP contribution in [-0.4, -0.2) is 62.5 Å². The largest absolute Gasteiger partial charge is 0.359 e. The zero-order chi connectivity index (χ0) is 18.8. The van der Waals surface area contributed by atoms with E-state index in [4.69, 9.17) is 22.2 Å². The van der Waals surface area contributed by atoms with Crippen molar-refractivity contribution in [3.05, 3.63) is 24.2 Å². The Morgan fingerprint density at radius 1 is 1.27 bits per heavy atom. The molecule has 0 amide bonds. The minimum Gasteiger partial charge on any atom is -0.359 e. The first-order chi connectivity index (χ1) is 12.4. The Kier molecular flexibility index (Phi) is 5.41. The van der Waals surface area contributed by atoms with Gasteiger partial charge in [-0.15, -0.1) is 6.58 Å². The highest BCUT2D eigenvalue weighted by Crippen LogP contribution is 2.28. The van der Waals surface area contributed by atoms with Crippen LogP contribution in [0.4, 0.5) is 5.82 Å². The number of anilines is 1. The Morgan fingerprint density at radius 3 is 2.58 bits per heavy atom. The maximum Gasteiger partial charge on any atom is 0.169 e. The zero-order valence-electron chi connectivity index (χ0n) is 16.0. The van der Waals surface area contributed by atoms with Crippen LogP contribution < -0.4 is 10.2 Å². The van der Waals surface area contributed by atoms with Gasteiger partial charge in [-0.2, -0.15) is 5.10 Å². The SMILES string of the molecule is C=CCNC(=S)N1CCN(c2nc(C(C)C)nc3c(C)nn(C)c23)CC1. The third-order valence-electron chi connectivity index (χ3n) is 4.63. The summed E-state index contributed by atoms with van der Waals surface area (Å²) in [6.45, 7) is 14.1. The van der Waals surface area contributed by atoms with Gasteiger partial charge < -0.3 is 15.1 Å². The molecule has 3 heterocycles. The predicted molar refractivity (Wildman–Crippen MR) is 110 cm³/mol. The summed E-state index contributed by atoms with van der Waals surface area (Å²) >= 11 is 5.46. The number of hydrogen-bond acceptors (Lipinski definition) is 5. The molecule has 2 aromatic rings. The molecule has 0 bridgehead atoms. The summed E-state index contributed by atoms with van der Waals surface area (Å²) in [5.41, 5.74) is 2.90. The molecule has 2 aromatic heterocycles. The number of thiocarbonyl (C=S) groups is 1. The quantitative estimate of drug-likeness (QED) is 0.649. The maximum absolute atomic E-state index is 5.46. The second-order valence-corrected chi connectivity index (χ2v) is 7.30. The minimum absolute atomic E-state index is 0.273. The van der Waals surface area contributed by atoms with Gasteiger partial charge in [-0.05, 0) is 19.1 Å². The van der Waals surface area contributed by atoms with E-state index in [1.807, 2.05) is 24.7 Å². The summed E-state index contributed by atoms with van der Waals surface area (Å²) in [4.78, 5) is 14.2. The van der Waals surface area contributed by atoms with Crippen LogP contribution in [-0.2, 0) is 7.05 Å². The van der Waals surface area contributed by atoms with Crippen LogP contribution in [0.25, 0.3) is 11.0 Å². The highest BCUT2D eigenvalue weighted by atomic mass is 32.1. The monoisotopic (exact) mass is 373 g/mol. The molecule has 0 saturated carbocycles. The van der Waals surface area contributed by atoms with E-state index in [2.05, 4.69) is 40.6 Å². The fraction of sp³-hybridized carbons (Fsp3) is 0.556. The molecule has 1 N–H and O–H groups in total. The van der Waals surface area contributed by atoms with Crippen molar-refractivity contribution in [1.82, 2.24) is 30.0 Å². The van der Waals surface area contributed by atoms with Crippen LogP contribution in [0.15, 0.2) is 12.7 Å². The maximum atomic E-state index is 5.46. The van der Waals surface area contributed by atoms with Crippen molar-refractivity contribution in [1.29, 1.82) is 0 Å². The van der Waals surface area contributed by atoms with Gasteiger partial charge in [0.05, 0.1) is 5.69 Å². The topological polar surface area (TPSA) is 62.1 Å². The number of aromatic nitrogens is 4. The Labute approximate surface area is 160 Å². The number of nitrogens with one attached hydrogen (secondary N) is 1. The first kappa shape index (κ1) is 18.6. The van der Waals surface area contributed by atoms with Gasteiger partial charge in [0.1, 0.15) is 16.9 Å². The van der Waals surface area contributed by atoms with Crippen LogP contribution in [0.3, 0.4) is 0 Å². The van der Waals surface area contributed by atoms with Crippen molar-refractivity contribution in [2.45, 2.75) is 26.7 Å². The van der Waals surface area contributed by atoms with E-state index < -0.39 is 0 Å². The average molecular weight is 374 g/mol. The van der Waals surface area contributed by atoms with Gasteiger partial charge in [0.2, 0.25) is 0 Å². The van der Waals surface area contributed by atoms with Gasteiger partial charge in [-0.3, -0.25) is 4.68 Å². The molecule has 1 saturated heterocycles. The lowest BCUT2D eigenvalue weighted by atomic mass is 10.2. The summed E-state index contributed by atoms with van der Waals surface area (Å²) in [7, 11) is 1.96. The second-order valence-electron chi connectivity index (χ2n) is 6.92. The standard InChI is InChI=1S/C18H27N7S/c1-6-7-19-18(26)25-10-8-24(9-11-25)17-15-14(13(4)22-23(15)5)20-16(21-17)12(2)3/h6,12H,1,7-11H2,2-5H3,(H,19,26). The van der Waals surface area contributed by atoms with Crippen molar-refractivity contribution in [2.75, 3.05) is 37.6 Å². The first-order valence-corrected chi connectivity index (χ1v) is 9.43. The van der Waals surface area contributed by atoms with Gasteiger partial charge in [0, 0.05) is 45.7 Å². The van der Waals surface area contributed by atoms with Crippen molar-refractivity contribution < 1.29 is 0 Å². The zero-order valence-corrected chi connectivity index (χ0v) is 16.8. The highest BCUT2D eigenvalue weighted by Gasteiger charge is 2.25. The number of hydrogen-bond donors (Lipinski definition) is 1. The number of rotatable bonds is 4. The molecule has 8 heteroatoms. The minimum atomic E-state index is 0.273. The molecule has 26 heavy (non-hydrogen) atoms. The van der Waals surface area contributed by atoms with Crippen LogP contribution in [0.5, 0.6) is 0 Å². The summed E-state index contributed by atoms with van der Waals surface area (Å²) in [6.07, 6.45) is 1.82. The average Bonchev–Trinajstić information content (AvgIpc) is 2.93. The summed E-state index contributed by atoms with van der Waals surface area (Å²) < 4.78 is 1.90. The van der Waals surface area contributed by atoms with E-state index in [0.717, 1.165) is 59.7 Å². The molecule has 1 fully saturated rings. The molecule has 0 unspecified atom stereocenters. The lowest BCUT2D eigenvalue weighted by molar-refractivity contribution is 0.380. The molecule has 0 atom stereocenters. The summed E-state index contributed by atoms with van der Waals surface area (Å²) in [5.74, 6) is 2.12. The smallest absolute Gasteiger partial charge is 0.169 e. The fourth-order valence-corrected chi connectivity index (χ4v) is 3.47. The van der Waals surface area contributed by atoms with Crippen molar-refractivity contribution in [3.63, 3.8) is 0 Å². The molecule has 140 valence electrons. The van der Waals surface area contributed by atoms with E-state index in [1.165, 1.54) is 0 Å². The highest BCUT2D eigenvalue weighted by molar-refractivity contribution is 7.80. The number of piperazine rings is 1. The van der Waals surface area contributed by atoms with Gasteiger partial charge in [-0.25, -0.2) is 9.97 Å². The van der Waals surface area contributed by atoms with E-state index in [0.29, 0.717) is 6.54 Å². The number of aryl methyl sites for hydroxylation is 2. The van der Waals surface area contributed by atoms with Gasteiger partial charge in [0.15, 0.2) is 10.9 Å². The van der Waals surface area contributed by atoms with Gasteiger partial charge in [0.25, 0.3) is 0 Å². The molecule has 3 rings (SSSR count). The fourth-order valence-electron chi connectivity index (χ4n) is 3.20. The molecule has 1 aliphatic rings.